The van der Waals surface area contributed by atoms with Gasteiger partial charge >= 0.3 is 0 Å². The van der Waals surface area contributed by atoms with E-state index in [4.69, 9.17) is 4.74 Å². The molecule has 0 bridgehead atoms. The fourth-order valence-corrected chi connectivity index (χ4v) is 2.11. The summed E-state index contributed by atoms with van der Waals surface area (Å²) in [4.78, 5) is 15.9. The van der Waals surface area contributed by atoms with E-state index in [9.17, 15) is 13.6 Å². The van der Waals surface area contributed by atoms with Crippen LogP contribution in [0.25, 0.3) is 5.69 Å². The maximum atomic E-state index is 14.1. The average Bonchev–Trinajstić information content (AvgIpc) is 3.09. The maximum Gasteiger partial charge on any atom is 0.255 e. The molecular formula is C16H12F2N4O2. The number of halogens is 2. The van der Waals surface area contributed by atoms with E-state index in [1.54, 1.807) is 0 Å². The largest absolute Gasteiger partial charge is 0.494 e. The second-order valence-electron chi connectivity index (χ2n) is 4.81. The zero-order valence-electron chi connectivity index (χ0n) is 12.5. The molecule has 122 valence electrons. The highest BCUT2D eigenvalue weighted by molar-refractivity contribution is 6.04. The lowest BCUT2D eigenvalue weighted by atomic mass is 10.2. The van der Waals surface area contributed by atoms with Gasteiger partial charge in [-0.3, -0.25) is 4.79 Å². The SMILES string of the molecule is COc1ccc(C(=O)Nc2ccc(-n3cncn3)c(F)c2)cc1F. The lowest BCUT2D eigenvalue weighted by molar-refractivity contribution is 0.102. The third-order valence-corrected chi connectivity index (χ3v) is 3.29. The summed E-state index contributed by atoms with van der Waals surface area (Å²) in [5, 5.41) is 6.34. The summed E-state index contributed by atoms with van der Waals surface area (Å²) in [7, 11) is 1.33. The number of carbonyl (C=O) groups is 1. The molecule has 0 unspecified atom stereocenters. The van der Waals surface area contributed by atoms with E-state index in [2.05, 4.69) is 15.4 Å². The molecule has 0 atom stereocenters. The van der Waals surface area contributed by atoms with E-state index in [0.717, 1.165) is 12.1 Å². The van der Waals surface area contributed by atoms with E-state index in [1.807, 2.05) is 0 Å². The minimum absolute atomic E-state index is 0.0368. The first-order chi connectivity index (χ1) is 11.6. The van der Waals surface area contributed by atoms with E-state index in [1.165, 1.54) is 48.7 Å². The number of aromatic nitrogens is 3. The van der Waals surface area contributed by atoms with Crippen molar-refractivity contribution < 1.29 is 18.3 Å². The zero-order valence-corrected chi connectivity index (χ0v) is 12.5. The van der Waals surface area contributed by atoms with Gasteiger partial charge in [-0.15, -0.1) is 0 Å². The summed E-state index contributed by atoms with van der Waals surface area (Å²) in [6.45, 7) is 0. The zero-order chi connectivity index (χ0) is 17.1. The average molecular weight is 330 g/mol. The molecule has 0 saturated heterocycles. The van der Waals surface area contributed by atoms with Gasteiger partial charge in [0.1, 0.15) is 18.3 Å². The lowest BCUT2D eigenvalue weighted by Crippen LogP contribution is -2.12. The van der Waals surface area contributed by atoms with Crippen LogP contribution in [0.15, 0.2) is 49.1 Å². The fraction of sp³-hybridized carbons (Fsp3) is 0.0625. The number of methoxy groups -OCH3 is 1. The van der Waals surface area contributed by atoms with Crippen LogP contribution < -0.4 is 10.1 Å². The number of benzene rings is 2. The number of rotatable bonds is 4. The van der Waals surface area contributed by atoms with Gasteiger partial charge in [0, 0.05) is 11.3 Å². The highest BCUT2D eigenvalue weighted by atomic mass is 19.1. The van der Waals surface area contributed by atoms with Gasteiger partial charge in [0.15, 0.2) is 17.4 Å². The van der Waals surface area contributed by atoms with Crippen molar-refractivity contribution in [1.29, 1.82) is 0 Å². The molecule has 24 heavy (non-hydrogen) atoms. The molecule has 1 heterocycles. The fourth-order valence-electron chi connectivity index (χ4n) is 2.11. The van der Waals surface area contributed by atoms with Gasteiger partial charge in [-0.2, -0.15) is 5.10 Å². The van der Waals surface area contributed by atoms with Crippen molar-refractivity contribution in [3.8, 4) is 11.4 Å². The normalized spacial score (nSPS) is 10.5. The standard InChI is InChI=1S/C16H12F2N4O2/c1-24-15-5-2-10(6-13(15)18)16(23)21-11-3-4-14(12(17)7-11)22-9-19-8-20-22/h2-9H,1H3,(H,21,23). The minimum Gasteiger partial charge on any atom is -0.494 e. The molecule has 1 N–H and O–H groups in total. The Labute approximate surface area is 135 Å². The first kappa shape index (κ1) is 15.6. The number of carbonyl (C=O) groups excluding carboxylic acids is 1. The number of anilines is 1. The van der Waals surface area contributed by atoms with Gasteiger partial charge in [-0.1, -0.05) is 0 Å². The Bertz CT molecular complexity index is 882. The molecule has 0 aliphatic carbocycles. The summed E-state index contributed by atoms with van der Waals surface area (Å²) in [5.41, 5.74) is 0.521. The molecule has 1 aromatic heterocycles. The Balaban J connectivity index is 1.80. The quantitative estimate of drug-likeness (QED) is 0.799. The van der Waals surface area contributed by atoms with Crippen molar-refractivity contribution in [2.75, 3.05) is 12.4 Å². The van der Waals surface area contributed by atoms with Crippen LogP contribution in [0, 0.1) is 11.6 Å². The summed E-state index contributed by atoms with van der Waals surface area (Å²) in [6.07, 6.45) is 2.64. The Hall–Kier alpha value is -3.29. The number of nitrogens with one attached hydrogen (secondary N) is 1. The molecule has 0 spiro atoms. The van der Waals surface area contributed by atoms with Crippen molar-refractivity contribution >= 4 is 11.6 Å². The van der Waals surface area contributed by atoms with Crippen LogP contribution in [0.5, 0.6) is 5.75 Å². The second-order valence-corrected chi connectivity index (χ2v) is 4.81. The number of hydrogen-bond acceptors (Lipinski definition) is 4. The number of ether oxygens (including phenoxy) is 1. The monoisotopic (exact) mass is 330 g/mol. The maximum absolute atomic E-state index is 14.1. The highest BCUT2D eigenvalue weighted by Gasteiger charge is 2.12. The van der Waals surface area contributed by atoms with Crippen LogP contribution in [0.2, 0.25) is 0 Å². The molecule has 6 nitrogen and oxygen atoms in total. The third-order valence-electron chi connectivity index (χ3n) is 3.29. The third kappa shape index (κ3) is 3.07. The molecule has 3 aromatic rings. The topological polar surface area (TPSA) is 69.0 Å². The molecular weight excluding hydrogens is 318 g/mol. The van der Waals surface area contributed by atoms with Crippen LogP contribution in [-0.4, -0.2) is 27.8 Å². The predicted octanol–water partition coefficient (Wildman–Crippen LogP) is 2.81. The van der Waals surface area contributed by atoms with Crippen molar-refractivity contribution in [3.05, 3.63) is 66.3 Å². The van der Waals surface area contributed by atoms with Crippen LogP contribution in [0.4, 0.5) is 14.5 Å². The molecule has 0 radical (unpaired) electrons. The van der Waals surface area contributed by atoms with E-state index in [-0.39, 0.29) is 22.7 Å². The first-order valence-corrected chi connectivity index (χ1v) is 6.88. The Morgan fingerprint density at radius 3 is 2.62 bits per heavy atom. The predicted molar refractivity (Wildman–Crippen MR) is 82.2 cm³/mol. The van der Waals surface area contributed by atoms with Crippen LogP contribution in [-0.2, 0) is 0 Å². The molecule has 8 heteroatoms. The molecule has 0 aliphatic heterocycles. The van der Waals surface area contributed by atoms with Gasteiger partial charge in [0.25, 0.3) is 5.91 Å². The second kappa shape index (κ2) is 6.45. The summed E-state index contributed by atoms with van der Waals surface area (Å²) in [6, 6.07) is 7.92. The van der Waals surface area contributed by atoms with Gasteiger partial charge in [-0.25, -0.2) is 18.4 Å². The van der Waals surface area contributed by atoms with Gasteiger partial charge in [0.05, 0.1) is 7.11 Å². The van der Waals surface area contributed by atoms with Crippen molar-refractivity contribution in [3.63, 3.8) is 0 Å². The highest BCUT2D eigenvalue weighted by Crippen LogP contribution is 2.20. The van der Waals surface area contributed by atoms with Crippen LogP contribution >= 0.6 is 0 Å². The van der Waals surface area contributed by atoms with Crippen LogP contribution in [0.1, 0.15) is 10.4 Å². The molecule has 2 aromatic carbocycles. The number of amides is 1. The van der Waals surface area contributed by atoms with E-state index < -0.39 is 17.5 Å². The van der Waals surface area contributed by atoms with E-state index >= 15 is 0 Å². The molecule has 3 rings (SSSR count). The van der Waals surface area contributed by atoms with Crippen molar-refractivity contribution in [1.82, 2.24) is 14.8 Å². The smallest absolute Gasteiger partial charge is 0.255 e. The van der Waals surface area contributed by atoms with Gasteiger partial charge in [-0.05, 0) is 36.4 Å². The van der Waals surface area contributed by atoms with E-state index in [0.29, 0.717) is 0 Å². The van der Waals surface area contributed by atoms with Crippen LogP contribution in [0.3, 0.4) is 0 Å². The molecule has 0 fully saturated rings. The lowest BCUT2D eigenvalue weighted by Gasteiger charge is -2.09. The number of nitrogens with zero attached hydrogens (tertiary/aromatic N) is 3. The Morgan fingerprint density at radius 2 is 2.00 bits per heavy atom. The number of hydrogen-bond donors (Lipinski definition) is 1. The summed E-state index contributed by atoms with van der Waals surface area (Å²) < 4.78 is 33.8. The first-order valence-electron chi connectivity index (χ1n) is 6.88. The Morgan fingerprint density at radius 1 is 1.17 bits per heavy atom. The Kier molecular flexibility index (Phi) is 4.19. The minimum atomic E-state index is -0.655. The molecule has 1 amide bonds. The molecule has 0 aliphatic rings. The molecule has 0 saturated carbocycles. The summed E-state index contributed by atoms with van der Waals surface area (Å²) in [5.74, 6) is -1.77. The van der Waals surface area contributed by atoms with Crippen molar-refractivity contribution in [2.24, 2.45) is 0 Å². The van der Waals surface area contributed by atoms with Gasteiger partial charge < -0.3 is 10.1 Å². The van der Waals surface area contributed by atoms with Gasteiger partial charge in [0.2, 0.25) is 0 Å². The van der Waals surface area contributed by atoms with Crippen molar-refractivity contribution in [2.45, 2.75) is 0 Å². The summed E-state index contributed by atoms with van der Waals surface area (Å²) >= 11 is 0.